The predicted molar refractivity (Wildman–Crippen MR) is 143 cm³/mol. The summed E-state index contributed by atoms with van der Waals surface area (Å²) in [6.45, 7) is 1.50. The molecule has 4 heterocycles. The number of carbonyl (C=O) groups excluding carboxylic acids is 1. The average Bonchev–Trinajstić information content (AvgIpc) is 3.86. The minimum atomic E-state index is -4.76. The maximum atomic E-state index is 15.6. The lowest BCUT2D eigenvalue weighted by molar-refractivity contribution is -0.137. The van der Waals surface area contributed by atoms with Crippen molar-refractivity contribution in [3.63, 3.8) is 0 Å². The maximum absolute atomic E-state index is 15.6. The van der Waals surface area contributed by atoms with E-state index in [9.17, 15) is 22.2 Å². The molecule has 0 spiro atoms. The lowest BCUT2D eigenvalue weighted by Gasteiger charge is -2.22. The molecule has 2 fully saturated rings. The highest BCUT2D eigenvalue weighted by atomic mass is 32.2. The van der Waals surface area contributed by atoms with Gasteiger partial charge in [0.05, 0.1) is 26.3 Å². The van der Waals surface area contributed by atoms with Crippen LogP contribution in [0, 0.1) is 5.82 Å². The van der Waals surface area contributed by atoms with Crippen molar-refractivity contribution in [2.24, 2.45) is 0 Å². The molecule has 0 saturated heterocycles. The van der Waals surface area contributed by atoms with E-state index >= 15 is 4.39 Å². The van der Waals surface area contributed by atoms with Crippen LogP contribution in [0.2, 0.25) is 0 Å². The third kappa shape index (κ3) is 4.61. The minimum Gasteiger partial charge on any atom is -0.334 e. The van der Waals surface area contributed by atoms with Gasteiger partial charge in [-0.25, -0.2) is 14.4 Å². The number of rotatable bonds is 5. The summed E-state index contributed by atoms with van der Waals surface area (Å²) in [6.07, 6.45) is -0.0132. The Morgan fingerprint density at radius 1 is 1.18 bits per heavy atom. The van der Waals surface area contributed by atoms with E-state index in [0.29, 0.717) is 49.1 Å². The van der Waals surface area contributed by atoms with Gasteiger partial charge in [0.25, 0.3) is 5.91 Å². The summed E-state index contributed by atoms with van der Waals surface area (Å²) in [6, 6.07) is 3.34. The van der Waals surface area contributed by atoms with E-state index in [2.05, 4.69) is 20.6 Å². The molecule has 40 heavy (non-hydrogen) atoms. The third-order valence-electron chi connectivity index (χ3n) is 7.83. The molecule has 210 valence electrons. The Morgan fingerprint density at radius 3 is 2.70 bits per heavy atom. The van der Waals surface area contributed by atoms with Crippen LogP contribution in [0.25, 0.3) is 10.6 Å². The van der Waals surface area contributed by atoms with Crippen LogP contribution in [0.3, 0.4) is 0 Å². The molecule has 4 aliphatic rings. The molecule has 13 heteroatoms. The second-order valence-electron chi connectivity index (χ2n) is 10.7. The van der Waals surface area contributed by atoms with Gasteiger partial charge in [-0.1, -0.05) is 0 Å². The lowest BCUT2D eigenvalue weighted by atomic mass is 9.94. The summed E-state index contributed by atoms with van der Waals surface area (Å²) < 4.78 is 70.8. The van der Waals surface area contributed by atoms with Crippen molar-refractivity contribution in [3.05, 3.63) is 51.3 Å². The van der Waals surface area contributed by atoms with Gasteiger partial charge in [-0.3, -0.25) is 9.00 Å². The molecule has 2 N–H and O–H groups in total. The zero-order valence-corrected chi connectivity index (χ0v) is 22.9. The first-order chi connectivity index (χ1) is 19.2. The molecule has 2 aliphatic heterocycles. The van der Waals surface area contributed by atoms with Gasteiger partial charge in [-0.15, -0.1) is 11.3 Å². The van der Waals surface area contributed by atoms with Crippen LogP contribution in [0.5, 0.6) is 0 Å². The van der Waals surface area contributed by atoms with Crippen LogP contribution in [0.15, 0.2) is 23.2 Å². The van der Waals surface area contributed by atoms with Crippen molar-refractivity contribution in [2.45, 2.75) is 61.7 Å². The van der Waals surface area contributed by atoms with Gasteiger partial charge < -0.3 is 15.5 Å². The van der Waals surface area contributed by atoms with Crippen molar-refractivity contribution < 1.29 is 26.6 Å². The first-order valence-electron chi connectivity index (χ1n) is 13.3. The average molecular weight is 592 g/mol. The number of aromatic nitrogens is 2. The smallest absolute Gasteiger partial charge is 0.334 e. The minimum absolute atomic E-state index is 0.0343. The van der Waals surface area contributed by atoms with Crippen molar-refractivity contribution in [3.8, 4) is 10.6 Å². The SMILES string of the molecule is O=C1c2sc(-c3nc(Nc4cc5c(c(F)c4C4CC4)CNCC5)ncc3C(F)(F)F)cc2S(=O)CCN1C1CC1. The van der Waals surface area contributed by atoms with Crippen LogP contribution < -0.4 is 10.6 Å². The van der Waals surface area contributed by atoms with Gasteiger partial charge in [-0.05, 0) is 62.3 Å². The fourth-order valence-electron chi connectivity index (χ4n) is 5.51. The van der Waals surface area contributed by atoms with E-state index in [0.717, 1.165) is 42.6 Å². The monoisotopic (exact) mass is 591 g/mol. The van der Waals surface area contributed by atoms with E-state index in [-0.39, 0.29) is 50.0 Å². The van der Waals surface area contributed by atoms with Gasteiger partial charge in [0.1, 0.15) is 16.3 Å². The first kappa shape index (κ1) is 26.0. The Labute approximate surface area is 233 Å². The largest absolute Gasteiger partial charge is 0.420 e. The standard InChI is InChI=1S/C27H25F4N5O2S2/c28-22-16-11-32-6-5-14(16)9-18(21(22)13-1-2-13)34-26-33-12-17(27(29,30)31)23(35-26)19-10-20-24(39-19)25(37)36(15-3-4-15)7-8-40(20)38/h9-10,12-13,15,32H,1-8,11H2,(H,33,34,35). The number of hydrogen-bond acceptors (Lipinski definition) is 7. The number of fused-ring (bicyclic) bond motifs is 2. The number of alkyl halides is 3. The Kier molecular flexibility index (Phi) is 6.24. The fraction of sp³-hybridized carbons (Fsp3) is 0.444. The van der Waals surface area contributed by atoms with E-state index < -0.39 is 28.2 Å². The summed E-state index contributed by atoms with van der Waals surface area (Å²) in [5, 5.41) is 6.20. The summed E-state index contributed by atoms with van der Waals surface area (Å²) in [4.78, 5) is 23.7. The molecule has 1 aromatic carbocycles. The maximum Gasteiger partial charge on any atom is 0.420 e. The van der Waals surface area contributed by atoms with Gasteiger partial charge in [0, 0.05) is 47.9 Å². The topological polar surface area (TPSA) is 87.2 Å². The van der Waals surface area contributed by atoms with Crippen LogP contribution in [-0.2, 0) is 29.9 Å². The number of carbonyl (C=O) groups is 1. The van der Waals surface area contributed by atoms with E-state index in [1.165, 1.54) is 6.07 Å². The predicted octanol–water partition coefficient (Wildman–Crippen LogP) is 5.36. The second-order valence-corrected chi connectivity index (χ2v) is 13.2. The lowest BCUT2D eigenvalue weighted by Crippen LogP contribution is -2.33. The number of nitrogens with one attached hydrogen (secondary N) is 2. The second kappa shape index (κ2) is 9.59. The molecule has 1 amide bonds. The van der Waals surface area contributed by atoms with Gasteiger partial charge in [0.2, 0.25) is 5.95 Å². The highest BCUT2D eigenvalue weighted by Crippen LogP contribution is 2.47. The molecule has 2 aromatic heterocycles. The van der Waals surface area contributed by atoms with Gasteiger partial charge >= 0.3 is 6.18 Å². The molecule has 3 aromatic rings. The van der Waals surface area contributed by atoms with Crippen LogP contribution in [0.4, 0.5) is 29.2 Å². The molecule has 1 atom stereocenters. The number of nitrogens with zero attached hydrogens (tertiary/aromatic N) is 3. The molecule has 2 saturated carbocycles. The normalized spacial score (nSPS) is 21.1. The molecule has 2 aliphatic carbocycles. The van der Waals surface area contributed by atoms with Crippen molar-refractivity contribution >= 4 is 39.7 Å². The van der Waals surface area contributed by atoms with Crippen LogP contribution >= 0.6 is 11.3 Å². The molecule has 7 rings (SSSR count). The zero-order valence-electron chi connectivity index (χ0n) is 21.2. The molecule has 7 nitrogen and oxygen atoms in total. The Balaban J connectivity index is 1.31. The zero-order chi connectivity index (χ0) is 27.8. The molecular formula is C27H25F4N5O2S2. The summed E-state index contributed by atoms with van der Waals surface area (Å²) >= 11 is 0.878. The number of amides is 1. The summed E-state index contributed by atoms with van der Waals surface area (Å²) in [7, 11) is -1.52. The highest BCUT2D eigenvalue weighted by Gasteiger charge is 2.40. The van der Waals surface area contributed by atoms with Crippen LogP contribution in [0.1, 0.15) is 63.5 Å². The first-order valence-corrected chi connectivity index (χ1v) is 15.4. The van der Waals surface area contributed by atoms with E-state index in [1.54, 1.807) is 4.90 Å². The number of benzene rings is 1. The van der Waals surface area contributed by atoms with Crippen molar-refractivity contribution in [1.82, 2.24) is 20.2 Å². The number of thiophene rings is 1. The highest BCUT2D eigenvalue weighted by molar-refractivity contribution is 7.85. The van der Waals surface area contributed by atoms with Crippen LogP contribution in [-0.4, -0.2) is 49.9 Å². The molecule has 0 bridgehead atoms. The quantitative estimate of drug-likeness (QED) is 0.389. The number of anilines is 2. The van der Waals surface area contributed by atoms with E-state index in [4.69, 9.17) is 0 Å². The Morgan fingerprint density at radius 2 is 1.98 bits per heavy atom. The van der Waals surface area contributed by atoms with Gasteiger partial charge in [-0.2, -0.15) is 13.2 Å². The number of hydrogen-bond donors (Lipinski definition) is 2. The van der Waals surface area contributed by atoms with Crippen molar-refractivity contribution in [1.29, 1.82) is 0 Å². The van der Waals surface area contributed by atoms with E-state index in [1.807, 2.05) is 6.07 Å². The number of halogens is 4. The van der Waals surface area contributed by atoms with Crippen molar-refractivity contribution in [2.75, 3.05) is 24.2 Å². The third-order valence-corrected chi connectivity index (χ3v) is 10.5. The van der Waals surface area contributed by atoms with Gasteiger partial charge in [0.15, 0.2) is 0 Å². The molecular weight excluding hydrogens is 566 g/mol. The molecule has 1 unspecified atom stereocenters. The fourth-order valence-corrected chi connectivity index (χ4v) is 8.13. The summed E-state index contributed by atoms with van der Waals surface area (Å²) in [5.74, 6) is -0.420. The summed E-state index contributed by atoms with van der Waals surface area (Å²) in [5.41, 5.74) is 0.990. The molecule has 0 radical (unpaired) electrons. The Hall–Kier alpha value is -2.90. The Bertz CT molecular complexity index is 1570.